The fourth-order valence-electron chi connectivity index (χ4n) is 2.26. The monoisotopic (exact) mass is 325 g/mol. The second-order valence-electron chi connectivity index (χ2n) is 6.34. The van der Waals surface area contributed by atoms with Gasteiger partial charge in [0.1, 0.15) is 11.4 Å². The lowest BCUT2D eigenvalue weighted by molar-refractivity contribution is 0.0529. The highest BCUT2D eigenvalue weighted by molar-refractivity contribution is 5.93. The fourth-order valence-corrected chi connectivity index (χ4v) is 2.26. The Morgan fingerprint density at radius 3 is 2.50 bits per heavy atom. The molecule has 0 aliphatic rings. The highest BCUT2D eigenvalue weighted by atomic mass is 16.6. The van der Waals surface area contributed by atoms with E-state index in [-0.39, 0.29) is 0 Å². The van der Waals surface area contributed by atoms with Crippen LogP contribution in [-0.4, -0.2) is 25.3 Å². The Bertz CT molecular complexity index is 779. The van der Waals surface area contributed by atoms with E-state index in [0.717, 1.165) is 22.1 Å². The maximum Gasteiger partial charge on any atom is 0.407 e. The third-order valence-electron chi connectivity index (χ3n) is 3.25. The van der Waals surface area contributed by atoms with Crippen LogP contribution >= 0.6 is 0 Å². The van der Waals surface area contributed by atoms with Crippen LogP contribution in [0.15, 0.2) is 36.4 Å². The van der Waals surface area contributed by atoms with Crippen LogP contribution < -0.4 is 10.1 Å². The Balaban J connectivity index is 2.00. The van der Waals surface area contributed by atoms with Crippen molar-refractivity contribution in [3.8, 4) is 17.6 Å². The molecule has 0 aliphatic carbocycles. The highest BCUT2D eigenvalue weighted by Crippen LogP contribution is 2.27. The smallest absolute Gasteiger partial charge is 0.407 e. The van der Waals surface area contributed by atoms with Crippen LogP contribution in [0.25, 0.3) is 10.8 Å². The summed E-state index contributed by atoms with van der Waals surface area (Å²) in [6.45, 7) is 5.96. The van der Waals surface area contributed by atoms with E-state index in [0.29, 0.717) is 13.0 Å². The average molecular weight is 325 g/mol. The standard InChI is InChI=1S/C20H23NO3/c1-20(2,3)24-19(22)21-14-8-7-9-15-12-13-18(23-4)17-11-6-5-10-16(15)17/h5-6,10-13H,8,14H2,1-4H3,(H,21,22). The number of fused-ring (bicyclic) bond motifs is 1. The van der Waals surface area contributed by atoms with Gasteiger partial charge in [0.25, 0.3) is 0 Å². The molecule has 1 N–H and O–H groups in total. The number of carbonyl (C=O) groups is 1. The summed E-state index contributed by atoms with van der Waals surface area (Å²) in [5.41, 5.74) is 0.460. The maximum absolute atomic E-state index is 11.5. The van der Waals surface area contributed by atoms with E-state index in [2.05, 4.69) is 17.2 Å². The van der Waals surface area contributed by atoms with Crippen molar-refractivity contribution in [2.75, 3.05) is 13.7 Å². The molecular weight excluding hydrogens is 302 g/mol. The topological polar surface area (TPSA) is 47.6 Å². The fraction of sp³-hybridized carbons (Fsp3) is 0.350. The van der Waals surface area contributed by atoms with Crippen LogP contribution in [0.4, 0.5) is 4.79 Å². The second kappa shape index (κ2) is 7.74. The van der Waals surface area contributed by atoms with E-state index in [1.807, 2.05) is 57.2 Å². The molecule has 0 aromatic heterocycles. The number of rotatable bonds is 3. The van der Waals surface area contributed by atoms with Gasteiger partial charge in [-0.25, -0.2) is 4.79 Å². The van der Waals surface area contributed by atoms with Gasteiger partial charge in [0.15, 0.2) is 0 Å². The zero-order valence-corrected chi connectivity index (χ0v) is 14.6. The molecule has 0 aliphatic heterocycles. The van der Waals surface area contributed by atoms with E-state index in [9.17, 15) is 4.79 Å². The molecule has 2 aromatic rings. The first-order chi connectivity index (χ1) is 11.4. The van der Waals surface area contributed by atoms with Gasteiger partial charge in [-0.1, -0.05) is 36.1 Å². The summed E-state index contributed by atoms with van der Waals surface area (Å²) >= 11 is 0. The molecule has 2 rings (SSSR count). The van der Waals surface area contributed by atoms with Gasteiger partial charge in [-0.15, -0.1) is 0 Å². The van der Waals surface area contributed by atoms with Crippen molar-refractivity contribution in [3.63, 3.8) is 0 Å². The zero-order chi connectivity index (χ0) is 17.6. The summed E-state index contributed by atoms with van der Waals surface area (Å²) in [5.74, 6) is 7.09. The molecule has 2 aromatic carbocycles. The molecule has 126 valence electrons. The Kier molecular flexibility index (Phi) is 5.70. The van der Waals surface area contributed by atoms with Gasteiger partial charge in [-0.3, -0.25) is 0 Å². The Hall–Kier alpha value is -2.67. The Labute approximate surface area is 143 Å². The van der Waals surface area contributed by atoms with Crippen molar-refractivity contribution in [3.05, 3.63) is 42.0 Å². The van der Waals surface area contributed by atoms with Gasteiger partial charge in [0.2, 0.25) is 0 Å². The normalized spacial score (nSPS) is 10.7. The molecule has 0 unspecified atom stereocenters. The minimum absolute atomic E-state index is 0.417. The van der Waals surface area contributed by atoms with Crippen LogP contribution in [0, 0.1) is 11.8 Å². The zero-order valence-electron chi connectivity index (χ0n) is 14.6. The quantitative estimate of drug-likeness (QED) is 0.682. The third kappa shape index (κ3) is 4.92. The van der Waals surface area contributed by atoms with Crippen molar-refractivity contribution in [1.29, 1.82) is 0 Å². The summed E-state index contributed by atoms with van der Waals surface area (Å²) in [6, 6.07) is 11.9. The molecule has 0 saturated heterocycles. The number of ether oxygens (including phenoxy) is 2. The number of amides is 1. The number of methoxy groups -OCH3 is 1. The first kappa shape index (κ1) is 17.7. The van der Waals surface area contributed by atoms with Crippen LogP contribution in [0.5, 0.6) is 5.75 Å². The van der Waals surface area contributed by atoms with Crippen LogP contribution in [0.1, 0.15) is 32.8 Å². The summed E-state index contributed by atoms with van der Waals surface area (Å²) in [7, 11) is 1.66. The van der Waals surface area contributed by atoms with Gasteiger partial charge in [-0.2, -0.15) is 0 Å². The summed E-state index contributed by atoms with van der Waals surface area (Å²) < 4.78 is 10.6. The molecule has 0 atom stereocenters. The first-order valence-electron chi connectivity index (χ1n) is 7.92. The lowest BCUT2D eigenvalue weighted by atomic mass is 10.0. The Morgan fingerprint density at radius 1 is 1.12 bits per heavy atom. The molecule has 0 spiro atoms. The number of hydrogen-bond acceptors (Lipinski definition) is 3. The maximum atomic E-state index is 11.5. The number of nitrogens with one attached hydrogen (secondary N) is 1. The van der Waals surface area contributed by atoms with Gasteiger partial charge in [-0.05, 0) is 32.9 Å². The van der Waals surface area contributed by atoms with Crippen molar-refractivity contribution in [2.45, 2.75) is 32.8 Å². The minimum Gasteiger partial charge on any atom is -0.496 e. The van der Waals surface area contributed by atoms with Crippen LogP contribution in [0.2, 0.25) is 0 Å². The number of alkyl carbamates (subject to hydrolysis) is 1. The number of carbonyl (C=O) groups excluding carboxylic acids is 1. The lowest BCUT2D eigenvalue weighted by Crippen LogP contribution is -2.32. The molecule has 1 amide bonds. The first-order valence-corrected chi connectivity index (χ1v) is 7.92. The summed E-state index contributed by atoms with van der Waals surface area (Å²) in [4.78, 5) is 11.5. The third-order valence-corrected chi connectivity index (χ3v) is 3.25. The molecular formula is C20H23NO3. The van der Waals surface area contributed by atoms with E-state index in [1.165, 1.54) is 0 Å². The van der Waals surface area contributed by atoms with E-state index in [4.69, 9.17) is 9.47 Å². The van der Waals surface area contributed by atoms with Crippen LogP contribution in [-0.2, 0) is 4.74 Å². The second-order valence-corrected chi connectivity index (χ2v) is 6.34. The molecule has 24 heavy (non-hydrogen) atoms. The molecule has 4 heteroatoms. The van der Waals surface area contributed by atoms with Crippen molar-refractivity contribution in [1.82, 2.24) is 5.32 Å². The minimum atomic E-state index is -0.488. The van der Waals surface area contributed by atoms with Crippen molar-refractivity contribution >= 4 is 16.9 Å². The Morgan fingerprint density at radius 2 is 1.83 bits per heavy atom. The molecule has 0 bridgehead atoms. The average Bonchev–Trinajstić information content (AvgIpc) is 2.53. The molecule has 0 radical (unpaired) electrons. The van der Waals surface area contributed by atoms with Crippen molar-refractivity contribution < 1.29 is 14.3 Å². The highest BCUT2D eigenvalue weighted by Gasteiger charge is 2.15. The van der Waals surface area contributed by atoms with Crippen molar-refractivity contribution in [2.24, 2.45) is 0 Å². The van der Waals surface area contributed by atoms with Gasteiger partial charge >= 0.3 is 6.09 Å². The summed E-state index contributed by atoms with van der Waals surface area (Å²) in [6.07, 6.45) is 0.138. The van der Waals surface area contributed by atoms with E-state index >= 15 is 0 Å². The molecule has 4 nitrogen and oxygen atoms in total. The number of hydrogen-bond donors (Lipinski definition) is 1. The predicted molar refractivity (Wildman–Crippen MR) is 96.2 cm³/mol. The van der Waals surface area contributed by atoms with E-state index in [1.54, 1.807) is 7.11 Å². The lowest BCUT2D eigenvalue weighted by Gasteiger charge is -2.19. The van der Waals surface area contributed by atoms with Crippen LogP contribution in [0.3, 0.4) is 0 Å². The predicted octanol–water partition coefficient (Wildman–Crippen LogP) is 4.11. The molecule has 0 saturated carbocycles. The summed E-state index contributed by atoms with van der Waals surface area (Å²) in [5, 5.41) is 4.80. The van der Waals surface area contributed by atoms with Gasteiger partial charge < -0.3 is 14.8 Å². The van der Waals surface area contributed by atoms with Gasteiger partial charge in [0, 0.05) is 29.3 Å². The largest absolute Gasteiger partial charge is 0.496 e. The van der Waals surface area contributed by atoms with Gasteiger partial charge in [0.05, 0.1) is 7.11 Å². The SMILES string of the molecule is COc1ccc(C#CCCNC(=O)OC(C)(C)C)c2ccccc12. The number of benzene rings is 2. The molecule has 0 fully saturated rings. The van der Waals surface area contributed by atoms with E-state index < -0.39 is 11.7 Å². The molecule has 0 heterocycles.